The molecule has 2 heterocycles. The van der Waals surface area contributed by atoms with Gasteiger partial charge in [0.15, 0.2) is 0 Å². The molecule has 3 aromatic rings. The Morgan fingerprint density at radius 2 is 1.96 bits per heavy atom. The number of imidazole rings is 1. The zero-order chi connectivity index (χ0) is 16.4. The summed E-state index contributed by atoms with van der Waals surface area (Å²) in [5.41, 5.74) is 0.706. The lowest BCUT2D eigenvalue weighted by Gasteiger charge is -2.08. The molecule has 0 radical (unpaired) electrons. The Balaban J connectivity index is 1.95. The molecule has 1 aromatic carbocycles. The van der Waals surface area contributed by atoms with Crippen molar-refractivity contribution in [3.63, 3.8) is 0 Å². The SMILES string of the molecule is COc1ccc(-n2ccnc2S(=O)(=O)Cc2ncc(C)s2)cc1. The average molecular weight is 349 g/mol. The molecule has 0 aliphatic carbocycles. The van der Waals surface area contributed by atoms with Gasteiger partial charge in [-0.25, -0.2) is 18.4 Å². The predicted molar refractivity (Wildman–Crippen MR) is 87.9 cm³/mol. The van der Waals surface area contributed by atoms with Gasteiger partial charge in [0, 0.05) is 29.2 Å². The van der Waals surface area contributed by atoms with Gasteiger partial charge in [-0.15, -0.1) is 11.3 Å². The van der Waals surface area contributed by atoms with Crippen molar-refractivity contribution in [2.75, 3.05) is 7.11 Å². The normalized spacial score (nSPS) is 11.6. The summed E-state index contributed by atoms with van der Waals surface area (Å²) in [7, 11) is -2.00. The summed E-state index contributed by atoms with van der Waals surface area (Å²) in [6.45, 7) is 1.89. The van der Waals surface area contributed by atoms with E-state index in [2.05, 4.69) is 9.97 Å². The lowest BCUT2D eigenvalue weighted by molar-refractivity contribution is 0.414. The van der Waals surface area contributed by atoms with Gasteiger partial charge in [0.1, 0.15) is 16.5 Å². The first kappa shape index (κ1) is 15.7. The van der Waals surface area contributed by atoms with Gasteiger partial charge in [0.05, 0.1) is 7.11 Å². The molecule has 8 heteroatoms. The molecule has 23 heavy (non-hydrogen) atoms. The molecule has 0 saturated carbocycles. The van der Waals surface area contributed by atoms with E-state index in [1.165, 1.54) is 17.5 Å². The molecule has 0 spiro atoms. The maximum absolute atomic E-state index is 12.6. The van der Waals surface area contributed by atoms with Crippen LogP contribution in [0.2, 0.25) is 0 Å². The van der Waals surface area contributed by atoms with Crippen LogP contribution in [0.25, 0.3) is 5.69 Å². The van der Waals surface area contributed by atoms with Crippen molar-refractivity contribution < 1.29 is 13.2 Å². The second kappa shape index (κ2) is 6.13. The topological polar surface area (TPSA) is 74.1 Å². The van der Waals surface area contributed by atoms with Crippen LogP contribution in [-0.2, 0) is 15.6 Å². The molecule has 0 bridgehead atoms. The highest BCUT2D eigenvalue weighted by atomic mass is 32.2. The third-order valence-electron chi connectivity index (χ3n) is 3.22. The average Bonchev–Trinajstić information content (AvgIpc) is 3.16. The molecule has 0 fully saturated rings. The fraction of sp³-hybridized carbons (Fsp3) is 0.200. The number of thiazole rings is 1. The number of aryl methyl sites for hydroxylation is 1. The Labute approximate surface area is 138 Å². The van der Waals surface area contributed by atoms with Gasteiger partial charge in [-0.2, -0.15) is 0 Å². The quantitative estimate of drug-likeness (QED) is 0.708. The maximum Gasteiger partial charge on any atom is 0.232 e. The van der Waals surface area contributed by atoms with Crippen molar-refractivity contribution in [3.8, 4) is 11.4 Å². The first-order valence-electron chi connectivity index (χ1n) is 6.81. The first-order valence-corrected chi connectivity index (χ1v) is 9.28. The van der Waals surface area contributed by atoms with E-state index in [1.807, 2.05) is 6.92 Å². The molecule has 0 aliphatic rings. The van der Waals surface area contributed by atoms with E-state index in [0.717, 1.165) is 4.88 Å². The Bertz CT molecular complexity index is 912. The predicted octanol–water partition coefficient (Wildman–Crippen LogP) is 2.62. The Kier molecular flexibility index (Phi) is 4.18. The number of hydrogen-bond donors (Lipinski definition) is 0. The van der Waals surface area contributed by atoms with Crippen molar-refractivity contribution >= 4 is 21.2 Å². The summed E-state index contributed by atoms with van der Waals surface area (Å²) in [4.78, 5) is 9.13. The highest BCUT2D eigenvalue weighted by molar-refractivity contribution is 7.90. The zero-order valence-electron chi connectivity index (χ0n) is 12.6. The van der Waals surface area contributed by atoms with Crippen molar-refractivity contribution in [1.82, 2.24) is 14.5 Å². The molecule has 120 valence electrons. The van der Waals surface area contributed by atoms with Crippen LogP contribution in [0.5, 0.6) is 5.75 Å². The molecule has 0 N–H and O–H groups in total. The largest absolute Gasteiger partial charge is 0.497 e. The minimum Gasteiger partial charge on any atom is -0.497 e. The molecule has 0 atom stereocenters. The zero-order valence-corrected chi connectivity index (χ0v) is 14.3. The van der Waals surface area contributed by atoms with Gasteiger partial charge < -0.3 is 4.74 Å². The van der Waals surface area contributed by atoms with Crippen LogP contribution in [0.1, 0.15) is 9.88 Å². The van der Waals surface area contributed by atoms with Gasteiger partial charge in [-0.1, -0.05) is 0 Å². The van der Waals surface area contributed by atoms with Crippen LogP contribution < -0.4 is 4.74 Å². The lowest BCUT2D eigenvalue weighted by Crippen LogP contribution is -2.11. The van der Waals surface area contributed by atoms with Crippen LogP contribution in [0.15, 0.2) is 48.0 Å². The van der Waals surface area contributed by atoms with Gasteiger partial charge >= 0.3 is 0 Å². The highest BCUT2D eigenvalue weighted by Gasteiger charge is 2.23. The summed E-state index contributed by atoms with van der Waals surface area (Å²) >= 11 is 1.37. The summed E-state index contributed by atoms with van der Waals surface area (Å²) in [6, 6.07) is 7.12. The Morgan fingerprint density at radius 1 is 1.22 bits per heavy atom. The van der Waals surface area contributed by atoms with Crippen LogP contribution in [0.3, 0.4) is 0 Å². The number of ether oxygens (including phenoxy) is 1. The number of aromatic nitrogens is 3. The minimum absolute atomic E-state index is 0.00974. The molecule has 0 unspecified atom stereocenters. The summed E-state index contributed by atoms with van der Waals surface area (Å²) in [5, 5.41) is 0.572. The second-order valence-corrected chi connectivity index (χ2v) is 8.10. The summed E-state index contributed by atoms with van der Waals surface area (Å²) in [6.07, 6.45) is 4.78. The molecule has 0 saturated heterocycles. The summed E-state index contributed by atoms with van der Waals surface area (Å²) in [5.74, 6) is 0.551. The third kappa shape index (κ3) is 3.27. The standard InChI is InChI=1S/C15H15N3O3S2/c1-11-9-17-14(22-11)10-23(19,20)15-16-7-8-18(15)12-3-5-13(21-2)6-4-12/h3-9H,10H2,1-2H3. The van der Waals surface area contributed by atoms with Gasteiger partial charge in [-0.3, -0.25) is 4.57 Å². The van der Waals surface area contributed by atoms with E-state index in [0.29, 0.717) is 16.4 Å². The van der Waals surface area contributed by atoms with Crippen LogP contribution in [-0.4, -0.2) is 30.1 Å². The van der Waals surface area contributed by atoms with Crippen molar-refractivity contribution in [3.05, 3.63) is 52.7 Å². The van der Waals surface area contributed by atoms with Crippen molar-refractivity contribution in [2.45, 2.75) is 17.8 Å². The fourth-order valence-electron chi connectivity index (χ4n) is 2.15. The third-order valence-corrected chi connectivity index (χ3v) is 5.83. The Hall–Kier alpha value is -2.19. The Morgan fingerprint density at radius 3 is 2.57 bits per heavy atom. The minimum atomic E-state index is -3.58. The van der Waals surface area contributed by atoms with E-state index in [-0.39, 0.29) is 10.9 Å². The van der Waals surface area contributed by atoms with Gasteiger partial charge in [0.2, 0.25) is 15.0 Å². The second-order valence-electron chi connectivity index (χ2n) is 4.90. The van der Waals surface area contributed by atoms with E-state index in [9.17, 15) is 8.42 Å². The molecule has 0 amide bonds. The molecule has 2 aromatic heterocycles. The number of nitrogens with zero attached hydrogens (tertiary/aromatic N) is 3. The van der Waals surface area contributed by atoms with Gasteiger partial charge in [0.25, 0.3) is 0 Å². The van der Waals surface area contributed by atoms with E-state index >= 15 is 0 Å². The molecule has 6 nitrogen and oxygen atoms in total. The molecule has 3 rings (SSSR count). The van der Waals surface area contributed by atoms with Crippen LogP contribution in [0.4, 0.5) is 0 Å². The van der Waals surface area contributed by atoms with E-state index in [1.54, 1.807) is 48.3 Å². The highest BCUT2D eigenvalue weighted by Crippen LogP contribution is 2.22. The van der Waals surface area contributed by atoms with E-state index < -0.39 is 9.84 Å². The fourth-order valence-corrected chi connectivity index (χ4v) is 4.65. The number of sulfone groups is 1. The summed E-state index contributed by atoms with van der Waals surface area (Å²) < 4.78 is 32.0. The molecule has 0 aliphatic heterocycles. The molecular weight excluding hydrogens is 334 g/mol. The number of benzene rings is 1. The number of rotatable bonds is 5. The van der Waals surface area contributed by atoms with Gasteiger partial charge in [-0.05, 0) is 31.2 Å². The smallest absolute Gasteiger partial charge is 0.232 e. The lowest BCUT2D eigenvalue weighted by atomic mass is 10.3. The van der Waals surface area contributed by atoms with Crippen molar-refractivity contribution in [1.29, 1.82) is 0 Å². The number of hydrogen-bond acceptors (Lipinski definition) is 6. The maximum atomic E-state index is 12.6. The van der Waals surface area contributed by atoms with Crippen LogP contribution >= 0.6 is 11.3 Å². The first-order chi connectivity index (χ1) is 11.0. The number of methoxy groups -OCH3 is 1. The monoisotopic (exact) mass is 349 g/mol. The molecular formula is C15H15N3O3S2. The van der Waals surface area contributed by atoms with Crippen LogP contribution in [0, 0.1) is 6.92 Å². The van der Waals surface area contributed by atoms with Crippen molar-refractivity contribution in [2.24, 2.45) is 0 Å². The van der Waals surface area contributed by atoms with E-state index in [4.69, 9.17) is 4.74 Å².